The number of nitrogens with zero attached hydrogens (tertiary/aromatic N) is 4. The molecular weight excluding hydrogens is 434 g/mol. The van der Waals surface area contributed by atoms with Crippen LogP contribution in [-0.2, 0) is 17.6 Å². The number of fused-ring (bicyclic) bond motifs is 1. The predicted octanol–water partition coefficient (Wildman–Crippen LogP) is 2.69. The second-order valence-electron chi connectivity index (χ2n) is 10.8. The average molecular weight is 474 g/mol. The van der Waals surface area contributed by atoms with Crippen LogP contribution in [0.15, 0.2) is 4.52 Å². The molecule has 2 saturated heterocycles. The van der Waals surface area contributed by atoms with Crippen molar-refractivity contribution in [3.8, 4) is 0 Å². The van der Waals surface area contributed by atoms with E-state index in [9.17, 15) is 14.4 Å². The number of likely N-dealkylation sites (N-methyl/N-ethyl adjacent to an activating group) is 1. The van der Waals surface area contributed by atoms with Crippen molar-refractivity contribution in [3.63, 3.8) is 0 Å². The van der Waals surface area contributed by atoms with E-state index in [-0.39, 0.29) is 23.8 Å². The van der Waals surface area contributed by atoms with Crippen LogP contribution >= 0.6 is 0 Å². The summed E-state index contributed by atoms with van der Waals surface area (Å²) in [7, 11) is 3.87. The van der Waals surface area contributed by atoms with Gasteiger partial charge in [-0.3, -0.25) is 14.5 Å². The lowest BCUT2D eigenvalue weighted by molar-refractivity contribution is -0.134. The smallest absolute Gasteiger partial charge is 0.325 e. The van der Waals surface area contributed by atoms with Crippen LogP contribution in [0, 0.1) is 11.8 Å². The number of rotatable bonds is 8. The highest BCUT2D eigenvalue weighted by Gasteiger charge is 2.55. The van der Waals surface area contributed by atoms with E-state index in [2.05, 4.69) is 24.3 Å². The van der Waals surface area contributed by atoms with Gasteiger partial charge in [0.1, 0.15) is 11.3 Å². The molecule has 0 aromatic carbocycles. The van der Waals surface area contributed by atoms with Gasteiger partial charge in [-0.05, 0) is 70.9 Å². The van der Waals surface area contributed by atoms with E-state index in [0.717, 1.165) is 43.4 Å². The largest absolute Gasteiger partial charge is 0.360 e. The van der Waals surface area contributed by atoms with E-state index >= 15 is 0 Å². The minimum Gasteiger partial charge on any atom is -0.360 e. The molecule has 1 N–H and O–H groups in total. The molecule has 188 valence electrons. The molecule has 4 amide bonds. The highest BCUT2D eigenvalue weighted by Crippen LogP contribution is 2.38. The van der Waals surface area contributed by atoms with Gasteiger partial charge in [-0.1, -0.05) is 19.0 Å². The Morgan fingerprint density at radius 1 is 1.21 bits per heavy atom. The summed E-state index contributed by atoms with van der Waals surface area (Å²) < 4.78 is 5.45. The average Bonchev–Trinajstić information content (AvgIpc) is 3.35. The minimum absolute atomic E-state index is 0.00216. The third-order valence-electron chi connectivity index (χ3n) is 7.72. The topological polar surface area (TPSA) is 99.0 Å². The summed E-state index contributed by atoms with van der Waals surface area (Å²) in [6, 6.07) is -0.289. The number of aromatic nitrogens is 1. The van der Waals surface area contributed by atoms with E-state index in [4.69, 9.17) is 4.52 Å². The Labute approximate surface area is 202 Å². The van der Waals surface area contributed by atoms with Crippen LogP contribution in [0.4, 0.5) is 4.79 Å². The van der Waals surface area contributed by atoms with Gasteiger partial charge in [0.15, 0.2) is 5.69 Å². The maximum atomic E-state index is 13.6. The molecule has 9 nitrogen and oxygen atoms in total. The Balaban J connectivity index is 1.47. The number of nitrogens with one attached hydrogen (secondary N) is 1. The lowest BCUT2D eigenvalue weighted by Crippen LogP contribution is -2.56. The van der Waals surface area contributed by atoms with Gasteiger partial charge in [0.25, 0.3) is 11.8 Å². The van der Waals surface area contributed by atoms with Crippen LogP contribution in [0.2, 0.25) is 0 Å². The molecule has 3 aliphatic rings. The molecule has 34 heavy (non-hydrogen) atoms. The Morgan fingerprint density at radius 3 is 2.59 bits per heavy atom. The zero-order chi connectivity index (χ0) is 24.5. The quantitative estimate of drug-likeness (QED) is 0.583. The van der Waals surface area contributed by atoms with Crippen LogP contribution in [0.1, 0.15) is 74.2 Å². The van der Waals surface area contributed by atoms with Crippen molar-refractivity contribution >= 4 is 17.8 Å². The van der Waals surface area contributed by atoms with Crippen LogP contribution < -0.4 is 5.32 Å². The van der Waals surface area contributed by atoms with Crippen molar-refractivity contribution < 1.29 is 18.9 Å². The normalized spacial score (nSPS) is 23.7. The molecule has 2 aliphatic heterocycles. The first kappa shape index (κ1) is 24.7. The van der Waals surface area contributed by atoms with Crippen molar-refractivity contribution in [3.05, 3.63) is 17.0 Å². The maximum absolute atomic E-state index is 13.6. The van der Waals surface area contributed by atoms with Crippen LogP contribution in [0.25, 0.3) is 0 Å². The third kappa shape index (κ3) is 4.72. The number of urea groups is 1. The highest BCUT2D eigenvalue weighted by atomic mass is 16.5. The molecule has 9 heteroatoms. The molecule has 3 heterocycles. The lowest BCUT2D eigenvalue weighted by Gasteiger charge is -2.41. The van der Waals surface area contributed by atoms with E-state index in [1.54, 1.807) is 0 Å². The van der Waals surface area contributed by atoms with E-state index in [0.29, 0.717) is 57.1 Å². The van der Waals surface area contributed by atoms with Crippen molar-refractivity contribution in [2.24, 2.45) is 11.8 Å². The van der Waals surface area contributed by atoms with Gasteiger partial charge >= 0.3 is 6.03 Å². The lowest BCUT2D eigenvalue weighted by atomic mass is 9.73. The second kappa shape index (κ2) is 10.1. The van der Waals surface area contributed by atoms with Crippen molar-refractivity contribution in [2.45, 2.75) is 70.8 Å². The molecule has 1 atom stereocenters. The van der Waals surface area contributed by atoms with Crippen molar-refractivity contribution in [2.75, 3.05) is 40.3 Å². The summed E-state index contributed by atoms with van der Waals surface area (Å²) in [4.78, 5) is 44.9. The summed E-state index contributed by atoms with van der Waals surface area (Å²) in [5, 5.41) is 7.23. The summed E-state index contributed by atoms with van der Waals surface area (Å²) in [5.74, 6) is 1.11. The maximum Gasteiger partial charge on any atom is 0.325 e. The number of hydrogen-bond donors (Lipinski definition) is 1. The fraction of sp³-hybridized carbons (Fsp3) is 0.760. The molecule has 1 unspecified atom stereocenters. The molecule has 0 saturated carbocycles. The highest BCUT2D eigenvalue weighted by molar-refractivity contribution is 6.07. The molecule has 0 spiro atoms. The van der Waals surface area contributed by atoms with E-state index in [1.807, 2.05) is 23.9 Å². The first-order valence-electron chi connectivity index (χ1n) is 12.8. The monoisotopic (exact) mass is 473 g/mol. The summed E-state index contributed by atoms with van der Waals surface area (Å²) in [6.45, 7) is 6.40. The molecule has 0 radical (unpaired) electrons. The first-order chi connectivity index (χ1) is 16.2. The van der Waals surface area contributed by atoms with Gasteiger partial charge in [-0.15, -0.1) is 0 Å². The standard InChI is InChI=1S/C25H39N5O4/c1-17(2)9-12-25(23(32)30(24(33)26-25)16-15-28(3)4)18-10-13-29(14-11-18)22(31)21-19-7-5-6-8-20(19)34-27-21/h17-18H,5-16H2,1-4H3,(H,26,33). The predicted molar refractivity (Wildman–Crippen MR) is 127 cm³/mol. The Hall–Kier alpha value is -2.42. The number of piperidine rings is 1. The first-order valence-corrected chi connectivity index (χ1v) is 12.8. The zero-order valence-corrected chi connectivity index (χ0v) is 21.1. The SMILES string of the molecule is CC(C)CCC1(C2CCN(C(=O)c3noc4c3CCCC4)CC2)NC(=O)N(CCN(C)C)C1=O. The fourth-order valence-electron chi connectivity index (χ4n) is 5.59. The third-order valence-corrected chi connectivity index (χ3v) is 7.72. The van der Waals surface area contributed by atoms with E-state index < -0.39 is 5.54 Å². The van der Waals surface area contributed by atoms with Crippen LogP contribution in [0.5, 0.6) is 0 Å². The molecule has 1 aliphatic carbocycles. The van der Waals surface area contributed by atoms with Gasteiger partial charge in [0.05, 0.1) is 0 Å². The second-order valence-corrected chi connectivity index (χ2v) is 10.8. The van der Waals surface area contributed by atoms with Crippen molar-refractivity contribution in [1.82, 2.24) is 25.2 Å². The molecular formula is C25H39N5O4. The Kier molecular flexibility index (Phi) is 7.31. The number of carbonyl (C=O) groups is 3. The number of imide groups is 1. The molecule has 0 bridgehead atoms. The minimum atomic E-state index is -0.879. The van der Waals surface area contributed by atoms with Gasteiger partial charge in [0.2, 0.25) is 0 Å². The fourth-order valence-corrected chi connectivity index (χ4v) is 5.59. The molecule has 1 aromatic heterocycles. The zero-order valence-electron chi connectivity index (χ0n) is 21.1. The summed E-state index contributed by atoms with van der Waals surface area (Å²) >= 11 is 0. The van der Waals surface area contributed by atoms with Gasteiger partial charge in [0, 0.05) is 38.2 Å². The molecule has 4 rings (SSSR count). The Morgan fingerprint density at radius 2 is 1.91 bits per heavy atom. The summed E-state index contributed by atoms with van der Waals surface area (Å²) in [6.07, 6.45) is 6.67. The van der Waals surface area contributed by atoms with Gasteiger partial charge < -0.3 is 19.6 Å². The van der Waals surface area contributed by atoms with Crippen LogP contribution in [-0.4, -0.2) is 83.5 Å². The summed E-state index contributed by atoms with van der Waals surface area (Å²) in [5.41, 5.74) is 0.555. The number of carbonyl (C=O) groups excluding carboxylic acids is 3. The van der Waals surface area contributed by atoms with Gasteiger partial charge in [-0.25, -0.2) is 4.79 Å². The Bertz CT molecular complexity index is 918. The number of hydrogen-bond acceptors (Lipinski definition) is 6. The number of aryl methyl sites for hydroxylation is 1. The number of likely N-dealkylation sites (tertiary alicyclic amines) is 1. The number of amides is 4. The van der Waals surface area contributed by atoms with Crippen LogP contribution in [0.3, 0.4) is 0 Å². The molecule has 1 aromatic rings. The van der Waals surface area contributed by atoms with Crippen molar-refractivity contribution in [1.29, 1.82) is 0 Å². The molecule has 2 fully saturated rings. The van der Waals surface area contributed by atoms with E-state index in [1.165, 1.54) is 4.90 Å². The van der Waals surface area contributed by atoms with Gasteiger partial charge in [-0.2, -0.15) is 0 Å².